The molecule has 150 valence electrons. The third-order valence-electron chi connectivity index (χ3n) is 4.34. The Morgan fingerprint density at radius 3 is 2.69 bits per heavy atom. The average molecular weight is 395 g/mol. The third-order valence-corrected chi connectivity index (χ3v) is 4.34. The fourth-order valence-corrected chi connectivity index (χ4v) is 2.72. The first-order valence-corrected chi connectivity index (χ1v) is 9.10. The molecule has 0 atom stereocenters. The van der Waals surface area contributed by atoms with Crippen molar-refractivity contribution in [2.75, 3.05) is 31.7 Å². The van der Waals surface area contributed by atoms with Crippen LogP contribution < -0.4 is 15.4 Å². The molecule has 9 heteroatoms. The summed E-state index contributed by atoms with van der Waals surface area (Å²) in [4.78, 5) is 10.5. The van der Waals surface area contributed by atoms with Crippen LogP contribution in [0.4, 0.5) is 10.2 Å². The predicted octanol–water partition coefficient (Wildman–Crippen LogP) is 2.45. The van der Waals surface area contributed by atoms with Crippen LogP contribution in [0.2, 0.25) is 0 Å². The molecule has 1 aromatic carbocycles. The van der Waals surface area contributed by atoms with E-state index in [0.717, 1.165) is 5.56 Å². The second kappa shape index (κ2) is 9.12. The first kappa shape index (κ1) is 20.2. The van der Waals surface area contributed by atoms with Gasteiger partial charge in [-0.05, 0) is 36.7 Å². The van der Waals surface area contributed by atoms with Gasteiger partial charge in [-0.1, -0.05) is 0 Å². The molecular weight excluding hydrogens is 373 g/mol. The Morgan fingerprint density at radius 1 is 1.28 bits per heavy atom. The fourth-order valence-electron chi connectivity index (χ4n) is 2.72. The number of nitrogens with two attached hydrogens (primary N) is 1. The second-order valence-electron chi connectivity index (χ2n) is 6.45. The van der Waals surface area contributed by atoms with Crippen LogP contribution in [0.5, 0.6) is 11.6 Å². The number of halogens is 1. The maximum absolute atomic E-state index is 12.6. The summed E-state index contributed by atoms with van der Waals surface area (Å²) < 4.78 is 20.2. The number of alkyl halides is 1. The summed E-state index contributed by atoms with van der Waals surface area (Å²) in [6.07, 6.45) is 4.15. The minimum atomic E-state index is -0.477. The van der Waals surface area contributed by atoms with Crippen LogP contribution in [0.15, 0.2) is 36.7 Å². The Morgan fingerprint density at radius 2 is 2.03 bits per heavy atom. The second-order valence-corrected chi connectivity index (χ2v) is 6.45. The van der Waals surface area contributed by atoms with Crippen molar-refractivity contribution in [3.63, 3.8) is 0 Å². The molecule has 29 heavy (non-hydrogen) atoms. The molecule has 2 aromatic heterocycles. The van der Waals surface area contributed by atoms with E-state index in [1.165, 1.54) is 0 Å². The van der Waals surface area contributed by atoms with Gasteiger partial charge in [0, 0.05) is 39.1 Å². The van der Waals surface area contributed by atoms with E-state index in [2.05, 4.69) is 21.1 Å². The van der Waals surface area contributed by atoms with Crippen molar-refractivity contribution in [1.29, 1.82) is 5.26 Å². The molecule has 0 saturated carbocycles. The number of hydrogen-bond acceptors (Lipinski definition) is 7. The predicted molar refractivity (Wildman–Crippen MR) is 107 cm³/mol. The lowest BCUT2D eigenvalue weighted by Crippen LogP contribution is -2.20. The molecule has 3 aromatic rings. The zero-order chi connectivity index (χ0) is 20.8. The molecule has 0 amide bonds. The van der Waals surface area contributed by atoms with Crippen LogP contribution in [0.25, 0.3) is 11.4 Å². The van der Waals surface area contributed by atoms with Crippen LogP contribution in [-0.2, 0) is 13.5 Å². The summed E-state index contributed by atoms with van der Waals surface area (Å²) in [7, 11) is 3.48. The highest BCUT2D eigenvalue weighted by Crippen LogP contribution is 2.33. The van der Waals surface area contributed by atoms with E-state index in [1.54, 1.807) is 60.3 Å². The number of nitrogens with zero attached hydrogens (tertiary/aromatic N) is 6. The van der Waals surface area contributed by atoms with Crippen LogP contribution in [0.1, 0.15) is 11.1 Å². The maximum Gasteiger partial charge on any atom is 0.219 e. The molecule has 2 heterocycles. The van der Waals surface area contributed by atoms with Gasteiger partial charge in [0.2, 0.25) is 5.88 Å². The molecule has 0 aliphatic heterocycles. The molecule has 3 rings (SSSR count). The highest BCUT2D eigenvalue weighted by molar-refractivity contribution is 5.66. The monoisotopic (exact) mass is 395 g/mol. The third kappa shape index (κ3) is 4.67. The molecule has 0 saturated heterocycles. The Balaban J connectivity index is 1.95. The van der Waals surface area contributed by atoms with E-state index >= 15 is 0 Å². The van der Waals surface area contributed by atoms with Gasteiger partial charge in [-0.25, -0.2) is 19.0 Å². The van der Waals surface area contributed by atoms with Gasteiger partial charge >= 0.3 is 0 Å². The minimum absolute atomic E-state index is 0.231. The number of aromatic nitrogens is 4. The number of benzene rings is 1. The highest BCUT2D eigenvalue weighted by Gasteiger charge is 2.16. The molecule has 0 aliphatic rings. The van der Waals surface area contributed by atoms with Crippen molar-refractivity contribution in [3.05, 3.63) is 47.8 Å². The van der Waals surface area contributed by atoms with E-state index in [1.807, 2.05) is 0 Å². The molecule has 0 aliphatic carbocycles. The van der Waals surface area contributed by atoms with Gasteiger partial charge in [0.05, 0.1) is 17.2 Å². The van der Waals surface area contributed by atoms with Crippen LogP contribution in [0.3, 0.4) is 0 Å². The van der Waals surface area contributed by atoms with E-state index in [9.17, 15) is 9.65 Å². The van der Waals surface area contributed by atoms with Crippen LogP contribution in [0, 0.1) is 11.3 Å². The summed E-state index contributed by atoms with van der Waals surface area (Å²) >= 11 is 0. The molecule has 8 nitrogen and oxygen atoms in total. The smallest absolute Gasteiger partial charge is 0.219 e. The number of anilines is 1. The number of rotatable bonds is 8. The summed E-state index contributed by atoms with van der Waals surface area (Å²) in [6.45, 7) is 0.275. The molecule has 0 spiro atoms. The molecule has 0 bridgehead atoms. The molecule has 0 unspecified atom stereocenters. The topological polar surface area (TPSA) is 106 Å². The summed E-state index contributed by atoms with van der Waals surface area (Å²) in [5, 5.41) is 13.6. The van der Waals surface area contributed by atoms with Crippen LogP contribution in [-0.4, -0.2) is 46.6 Å². The van der Waals surface area contributed by atoms with Gasteiger partial charge < -0.3 is 15.4 Å². The van der Waals surface area contributed by atoms with E-state index < -0.39 is 6.67 Å². The SMILES string of the molecule is CN(CCF)c1cc(Oc2cc(C#N)ccc2-c2ncc(CCN)cn2)n(C)n1. The van der Waals surface area contributed by atoms with Crippen molar-refractivity contribution in [2.45, 2.75) is 6.42 Å². The van der Waals surface area contributed by atoms with E-state index in [0.29, 0.717) is 47.4 Å². The number of nitriles is 1. The van der Waals surface area contributed by atoms with Crippen molar-refractivity contribution in [1.82, 2.24) is 19.7 Å². The van der Waals surface area contributed by atoms with Crippen molar-refractivity contribution >= 4 is 5.82 Å². The van der Waals surface area contributed by atoms with Gasteiger partial charge in [-0.15, -0.1) is 0 Å². The number of hydrogen-bond donors (Lipinski definition) is 1. The Labute approximate surface area is 168 Å². The number of ether oxygens (including phenoxy) is 1. The molecule has 2 N–H and O–H groups in total. The first-order chi connectivity index (χ1) is 14.0. The molecular formula is C20H22FN7O. The lowest BCUT2D eigenvalue weighted by Gasteiger charge is -2.12. The van der Waals surface area contributed by atoms with Gasteiger partial charge in [-0.3, -0.25) is 0 Å². The van der Waals surface area contributed by atoms with E-state index in [-0.39, 0.29) is 6.54 Å². The highest BCUT2D eigenvalue weighted by atomic mass is 19.1. The summed E-state index contributed by atoms with van der Waals surface area (Å²) in [5.41, 5.74) is 7.60. The summed E-state index contributed by atoms with van der Waals surface area (Å²) in [6, 6.07) is 8.88. The quantitative estimate of drug-likeness (QED) is 0.624. The van der Waals surface area contributed by atoms with Gasteiger partial charge in [-0.2, -0.15) is 10.4 Å². The number of aryl methyl sites for hydroxylation is 1. The normalized spacial score (nSPS) is 10.6. The lowest BCUT2D eigenvalue weighted by molar-refractivity contribution is 0.431. The Hall–Kier alpha value is -3.51. The molecule has 0 fully saturated rings. The first-order valence-electron chi connectivity index (χ1n) is 9.10. The van der Waals surface area contributed by atoms with Crippen LogP contribution >= 0.6 is 0 Å². The zero-order valence-corrected chi connectivity index (χ0v) is 16.3. The maximum atomic E-state index is 12.6. The van der Waals surface area contributed by atoms with Gasteiger partial charge in [0.15, 0.2) is 11.6 Å². The Bertz CT molecular complexity index is 1010. The minimum Gasteiger partial charge on any atom is -0.438 e. The zero-order valence-electron chi connectivity index (χ0n) is 16.3. The lowest BCUT2D eigenvalue weighted by atomic mass is 10.1. The molecule has 0 radical (unpaired) electrons. The fraction of sp³-hybridized carbons (Fsp3) is 0.300. The van der Waals surface area contributed by atoms with Crippen molar-refractivity contribution in [2.24, 2.45) is 12.8 Å². The van der Waals surface area contributed by atoms with Gasteiger partial charge in [0.1, 0.15) is 12.4 Å². The summed E-state index contributed by atoms with van der Waals surface area (Å²) in [5.74, 6) is 1.93. The standard InChI is InChI=1S/C20H22FN7O/c1-27(8-6-21)18-10-19(28(2)26-18)29-17-9-14(11-23)3-4-16(17)20-24-12-15(5-7-22)13-25-20/h3-4,9-10,12-13H,5-8,22H2,1-2H3. The van der Waals surface area contributed by atoms with Crippen molar-refractivity contribution < 1.29 is 9.13 Å². The van der Waals surface area contributed by atoms with E-state index in [4.69, 9.17) is 10.5 Å². The largest absolute Gasteiger partial charge is 0.438 e. The van der Waals surface area contributed by atoms with Crippen molar-refractivity contribution in [3.8, 4) is 29.1 Å². The average Bonchev–Trinajstić information content (AvgIpc) is 3.09. The Kier molecular flexibility index (Phi) is 6.36. The van der Waals surface area contributed by atoms with Gasteiger partial charge in [0.25, 0.3) is 0 Å².